The third kappa shape index (κ3) is 3.17. The Labute approximate surface area is 95.3 Å². The number of rotatable bonds is 3. The molecule has 0 aromatic carbocycles. The Kier molecular flexibility index (Phi) is 3.68. The van der Waals surface area contributed by atoms with Crippen molar-refractivity contribution in [2.75, 3.05) is 12.0 Å². The molecule has 0 aliphatic carbocycles. The topological polar surface area (TPSA) is 46.4 Å². The summed E-state index contributed by atoms with van der Waals surface area (Å²) in [6, 6.07) is 0.773. The molecule has 1 heterocycles. The smallest absolute Gasteiger partial charge is 0.317 e. The lowest BCUT2D eigenvalue weighted by atomic mass is 10.1. The van der Waals surface area contributed by atoms with Gasteiger partial charge >= 0.3 is 6.18 Å². The number of hydrogen-bond acceptors (Lipinski definition) is 3. The number of halogens is 3. The van der Waals surface area contributed by atoms with Gasteiger partial charge in [-0.05, 0) is 6.07 Å². The van der Waals surface area contributed by atoms with Gasteiger partial charge < -0.3 is 5.32 Å². The molecule has 0 aliphatic heterocycles. The lowest BCUT2D eigenvalue weighted by Gasteiger charge is -2.10. The monoisotopic (exact) mass is 243 g/mol. The van der Waals surface area contributed by atoms with E-state index >= 15 is 0 Å². The number of carbonyl (C=O) groups excluding carboxylic acids is 1. The van der Waals surface area contributed by atoms with E-state index in [2.05, 4.69) is 15.1 Å². The molecule has 1 aromatic heterocycles. The molecular weight excluding hydrogens is 235 g/mol. The molecule has 0 saturated heterocycles. The molecule has 0 spiro atoms. The minimum atomic E-state index is -4.53. The van der Waals surface area contributed by atoms with Crippen molar-refractivity contribution in [2.24, 2.45) is 0 Å². The molecule has 0 bridgehead atoms. The van der Waals surface area contributed by atoms with Gasteiger partial charge in [0.05, 0.1) is 11.3 Å². The standard InChI is InChI=1S/C10H8F3N3O/c1-6(17)9-8(16-5-14-2)3-7(4-15-9)10(11,12)13/h3-4,16H,5H2,1H3. The molecule has 0 fully saturated rings. The summed E-state index contributed by atoms with van der Waals surface area (Å²) in [5, 5.41) is 2.42. The van der Waals surface area contributed by atoms with E-state index in [1.165, 1.54) is 6.92 Å². The van der Waals surface area contributed by atoms with Gasteiger partial charge in [0, 0.05) is 13.1 Å². The Morgan fingerprint density at radius 1 is 1.59 bits per heavy atom. The van der Waals surface area contributed by atoms with Gasteiger partial charge in [-0.2, -0.15) is 13.2 Å². The summed E-state index contributed by atoms with van der Waals surface area (Å²) in [5.74, 6) is -0.466. The van der Waals surface area contributed by atoms with Crippen LogP contribution in [-0.4, -0.2) is 17.4 Å². The van der Waals surface area contributed by atoms with Crippen molar-refractivity contribution in [3.63, 3.8) is 0 Å². The molecule has 0 amide bonds. The van der Waals surface area contributed by atoms with Crippen LogP contribution in [0.15, 0.2) is 12.3 Å². The third-order valence-corrected chi connectivity index (χ3v) is 1.90. The Bertz CT molecular complexity index is 477. The van der Waals surface area contributed by atoms with Crippen LogP contribution >= 0.6 is 0 Å². The Balaban J connectivity index is 3.20. The van der Waals surface area contributed by atoms with Crippen LogP contribution in [0.4, 0.5) is 18.9 Å². The number of nitrogens with one attached hydrogen (secondary N) is 1. The number of aromatic nitrogens is 1. The van der Waals surface area contributed by atoms with Crippen molar-refractivity contribution in [3.05, 3.63) is 34.9 Å². The molecule has 7 heteroatoms. The molecule has 0 saturated carbocycles. The van der Waals surface area contributed by atoms with Gasteiger partial charge in [0.2, 0.25) is 0 Å². The largest absolute Gasteiger partial charge is 0.417 e. The van der Waals surface area contributed by atoms with Crippen molar-refractivity contribution in [2.45, 2.75) is 13.1 Å². The molecule has 17 heavy (non-hydrogen) atoms. The first-order valence-electron chi connectivity index (χ1n) is 4.51. The second-order valence-electron chi connectivity index (χ2n) is 3.17. The van der Waals surface area contributed by atoms with E-state index in [4.69, 9.17) is 6.57 Å². The fraction of sp³-hybridized carbons (Fsp3) is 0.300. The highest BCUT2D eigenvalue weighted by molar-refractivity contribution is 5.97. The Morgan fingerprint density at radius 2 is 2.24 bits per heavy atom. The van der Waals surface area contributed by atoms with Gasteiger partial charge in [0.25, 0.3) is 6.67 Å². The summed E-state index contributed by atoms with van der Waals surface area (Å²) in [5.41, 5.74) is -1.15. The fourth-order valence-electron chi connectivity index (χ4n) is 1.16. The minimum absolute atomic E-state index is 0.0803. The fourth-order valence-corrected chi connectivity index (χ4v) is 1.16. The molecule has 90 valence electrons. The summed E-state index contributed by atoms with van der Waals surface area (Å²) < 4.78 is 37.2. The number of Topliss-reactive ketones (excluding diaryl/α,β-unsaturated/α-hetero) is 1. The third-order valence-electron chi connectivity index (χ3n) is 1.90. The van der Waals surface area contributed by atoms with Crippen molar-refractivity contribution < 1.29 is 18.0 Å². The highest BCUT2D eigenvalue weighted by Gasteiger charge is 2.32. The number of pyridine rings is 1. The van der Waals surface area contributed by atoms with Crippen LogP contribution in [0.25, 0.3) is 4.85 Å². The maximum atomic E-state index is 12.4. The summed E-state index contributed by atoms with van der Waals surface area (Å²) in [6.45, 7) is 7.52. The van der Waals surface area contributed by atoms with E-state index < -0.39 is 17.5 Å². The van der Waals surface area contributed by atoms with Gasteiger partial charge in [-0.15, -0.1) is 0 Å². The number of ketones is 1. The van der Waals surface area contributed by atoms with Gasteiger partial charge in [-0.1, -0.05) is 0 Å². The van der Waals surface area contributed by atoms with E-state index in [1.54, 1.807) is 0 Å². The molecule has 0 unspecified atom stereocenters. The van der Waals surface area contributed by atoms with Crippen molar-refractivity contribution in [1.29, 1.82) is 0 Å². The minimum Gasteiger partial charge on any atom is -0.317 e. The van der Waals surface area contributed by atoms with E-state index in [0.29, 0.717) is 6.20 Å². The highest BCUT2D eigenvalue weighted by Crippen LogP contribution is 2.31. The number of carbonyl (C=O) groups is 1. The lowest BCUT2D eigenvalue weighted by Crippen LogP contribution is -2.11. The maximum Gasteiger partial charge on any atom is 0.417 e. The molecule has 0 radical (unpaired) electrons. The van der Waals surface area contributed by atoms with Gasteiger partial charge in [0.15, 0.2) is 5.78 Å². The zero-order chi connectivity index (χ0) is 13.1. The van der Waals surface area contributed by atoms with Crippen LogP contribution in [0.2, 0.25) is 0 Å². The summed E-state index contributed by atoms with van der Waals surface area (Å²) >= 11 is 0. The van der Waals surface area contributed by atoms with Gasteiger partial charge in [-0.25, -0.2) is 6.57 Å². The zero-order valence-corrected chi connectivity index (χ0v) is 8.80. The molecule has 0 aliphatic rings. The van der Waals surface area contributed by atoms with E-state index in [1.807, 2.05) is 0 Å². The first-order chi connectivity index (χ1) is 7.86. The van der Waals surface area contributed by atoms with E-state index in [-0.39, 0.29) is 18.1 Å². The Morgan fingerprint density at radius 3 is 2.71 bits per heavy atom. The summed E-state index contributed by atoms with van der Waals surface area (Å²) in [6.07, 6.45) is -3.93. The predicted molar refractivity (Wildman–Crippen MR) is 54.3 cm³/mol. The molecule has 4 nitrogen and oxygen atoms in total. The maximum absolute atomic E-state index is 12.4. The first-order valence-corrected chi connectivity index (χ1v) is 4.51. The average molecular weight is 243 g/mol. The number of nitrogens with zero attached hydrogens (tertiary/aromatic N) is 2. The normalized spacial score (nSPS) is 10.8. The SMILES string of the molecule is [C-]#[N+]CNc1cc(C(F)(F)F)cnc1C(C)=O. The molecule has 1 aromatic rings. The number of hydrogen-bond donors (Lipinski definition) is 1. The van der Waals surface area contributed by atoms with Crippen molar-refractivity contribution >= 4 is 11.5 Å². The summed E-state index contributed by atoms with van der Waals surface area (Å²) in [7, 11) is 0. The molecule has 1 N–H and O–H groups in total. The van der Waals surface area contributed by atoms with E-state index in [0.717, 1.165) is 6.07 Å². The van der Waals surface area contributed by atoms with Gasteiger partial charge in [-0.3, -0.25) is 14.6 Å². The zero-order valence-electron chi connectivity index (χ0n) is 8.80. The molecule has 1 rings (SSSR count). The van der Waals surface area contributed by atoms with Crippen LogP contribution in [-0.2, 0) is 6.18 Å². The first kappa shape index (κ1) is 13.0. The van der Waals surface area contributed by atoms with E-state index in [9.17, 15) is 18.0 Å². The number of alkyl halides is 3. The van der Waals surface area contributed by atoms with Crippen molar-refractivity contribution in [3.8, 4) is 0 Å². The van der Waals surface area contributed by atoms with Gasteiger partial charge in [0.1, 0.15) is 5.69 Å². The van der Waals surface area contributed by atoms with Crippen LogP contribution in [0.3, 0.4) is 0 Å². The Hall–Kier alpha value is -2.10. The quantitative estimate of drug-likeness (QED) is 0.655. The highest BCUT2D eigenvalue weighted by atomic mass is 19.4. The molecular formula is C10H8F3N3O. The number of anilines is 1. The van der Waals surface area contributed by atoms with Crippen LogP contribution < -0.4 is 5.32 Å². The van der Waals surface area contributed by atoms with Crippen molar-refractivity contribution in [1.82, 2.24) is 4.98 Å². The van der Waals surface area contributed by atoms with Crippen LogP contribution in [0.1, 0.15) is 23.0 Å². The predicted octanol–water partition coefficient (Wildman–Crippen LogP) is 2.59. The van der Waals surface area contributed by atoms with Crippen LogP contribution in [0.5, 0.6) is 0 Å². The second kappa shape index (κ2) is 4.82. The van der Waals surface area contributed by atoms with Crippen LogP contribution in [0, 0.1) is 6.57 Å². The average Bonchev–Trinajstić information content (AvgIpc) is 2.24. The second-order valence-corrected chi connectivity index (χ2v) is 3.17. The lowest BCUT2D eigenvalue weighted by molar-refractivity contribution is -0.137. The summed E-state index contributed by atoms with van der Waals surface area (Å²) in [4.78, 5) is 17.5. The molecule has 0 atom stereocenters.